The molecule has 2 N–H and O–H groups in total. The second-order valence-corrected chi connectivity index (χ2v) is 5.20. The predicted molar refractivity (Wildman–Crippen MR) is 80.7 cm³/mol. The van der Waals surface area contributed by atoms with Crippen LogP contribution in [0.3, 0.4) is 0 Å². The Morgan fingerprint density at radius 1 is 1.35 bits per heavy atom. The molecule has 1 aromatic heterocycles. The molecule has 4 nitrogen and oxygen atoms in total. The van der Waals surface area contributed by atoms with E-state index in [1.807, 2.05) is 29.1 Å². The smallest absolute Gasteiger partial charge is 0.0690 e. The molecule has 4 heteroatoms. The summed E-state index contributed by atoms with van der Waals surface area (Å²) in [5, 5.41) is 17.5. The molecule has 1 aromatic carbocycles. The van der Waals surface area contributed by atoms with Crippen LogP contribution in [0.2, 0.25) is 0 Å². The van der Waals surface area contributed by atoms with Crippen LogP contribution in [0, 0.1) is 5.92 Å². The van der Waals surface area contributed by atoms with Crippen LogP contribution in [-0.4, -0.2) is 27.5 Å². The molecule has 0 amide bonds. The van der Waals surface area contributed by atoms with Crippen LogP contribution in [0.5, 0.6) is 0 Å². The zero-order valence-electron chi connectivity index (χ0n) is 12.2. The number of rotatable bonds is 7. The normalized spacial score (nSPS) is 14.2. The molecule has 20 heavy (non-hydrogen) atoms. The molecule has 0 spiro atoms. The molecule has 0 aliphatic carbocycles. The molecule has 2 unspecified atom stereocenters. The van der Waals surface area contributed by atoms with Gasteiger partial charge in [0, 0.05) is 25.5 Å². The van der Waals surface area contributed by atoms with Crippen molar-refractivity contribution in [2.45, 2.75) is 32.9 Å². The highest BCUT2D eigenvalue weighted by Crippen LogP contribution is 2.10. The van der Waals surface area contributed by atoms with Crippen molar-refractivity contribution in [1.29, 1.82) is 0 Å². The van der Waals surface area contributed by atoms with Crippen LogP contribution < -0.4 is 5.32 Å². The van der Waals surface area contributed by atoms with Gasteiger partial charge in [-0.05, 0) is 29.7 Å². The number of hydrogen-bond donors (Lipinski definition) is 2. The molecule has 0 radical (unpaired) electrons. The largest absolute Gasteiger partial charge is 0.392 e. The van der Waals surface area contributed by atoms with Crippen molar-refractivity contribution in [3.63, 3.8) is 0 Å². The van der Waals surface area contributed by atoms with E-state index in [0.717, 1.165) is 18.7 Å². The highest BCUT2D eigenvalue weighted by molar-refractivity contribution is 5.34. The van der Waals surface area contributed by atoms with Crippen molar-refractivity contribution in [2.24, 2.45) is 5.92 Å². The van der Waals surface area contributed by atoms with Gasteiger partial charge in [-0.15, -0.1) is 0 Å². The van der Waals surface area contributed by atoms with Gasteiger partial charge < -0.3 is 10.4 Å². The van der Waals surface area contributed by atoms with Gasteiger partial charge in [-0.3, -0.25) is 0 Å². The summed E-state index contributed by atoms with van der Waals surface area (Å²) in [6, 6.07) is 10.2. The molecular weight excluding hydrogens is 250 g/mol. The number of nitrogens with one attached hydrogen (secondary N) is 1. The Hall–Kier alpha value is -1.65. The number of aliphatic hydroxyl groups excluding tert-OH is 1. The molecule has 2 rings (SSSR count). The van der Waals surface area contributed by atoms with Crippen molar-refractivity contribution >= 4 is 0 Å². The molecule has 1 heterocycles. The third-order valence-electron chi connectivity index (χ3n) is 3.66. The molecule has 2 aromatic rings. The number of aliphatic hydroxyl groups is 1. The van der Waals surface area contributed by atoms with Gasteiger partial charge in [0.2, 0.25) is 0 Å². The lowest BCUT2D eigenvalue weighted by Gasteiger charge is -2.17. The van der Waals surface area contributed by atoms with Gasteiger partial charge in [0.1, 0.15) is 0 Å². The lowest BCUT2D eigenvalue weighted by molar-refractivity contribution is 0.113. The van der Waals surface area contributed by atoms with E-state index in [-0.39, 0.29) is 6.10 Å². The Bertz CT molecular complexity index is 510. The minimum Gasteiger partial charge on any atom is -0.392 e. The fourth-order valence-electron chi connectivity index (χ4n) is 2.07. The third kappa shape index (κ3) is 3.92. The van der Waals surface area contributed by atoms with E-state index in [2.05, 4.69) is 36.4 Å². The maximum absolute atomic E-state index is 9.92. The second kappa shape index (κ2) is 7.22. The average molecular weight is 273 g/mol. The lowest BCUT2D eigenvalue weighted by Crippen LogP contribution is -2.31. The Morgan fingerprint density at radius 3 is 2.90 bits per heavy atom. The summed E-state index contributed by atoms with van der Waals surface area (Å²) in [6.45, 7) is 5.55. The van der Waals surface area contributed by atoms with Gasteiger partial charge in [-0.1, -0.05) is 32.4 Å². The number of nitrogens with zero attached hydrogens (tertiary/aromatic N) is 2. The van der Waals surface area contributed by atoms with Gasteiger partial charge in [-0.25, -0.2) is 4.68 Å². The maximum Gasteiger partial charge on any atom is 0.0690 e. The standard InChI is InChI=1S/C16H23N3O/c1-3-13(2)16(20)12-17-11-14-6-4-7-15(10-14)19-9-5-8-18-19/h4-10,13,16-17,20H,3,11-12H2,1-2H3. The Kier molecular flexibility index (Phi) is 5.32. The van der Waals surface area contributed by atoms with E-state index in [1.54, 1.807) is 6.20 Å². The van der Waals surface area contributed by atoms with Crippen LogP contribution in [-0.2, 0) is 6.54 Å². The number of hydrogen-bond acceptors (Lipinski definition) is 3. The van der Waals surface area contributed by atoms with Gasteiger partial charge in [-0.2, -0.15) is 5.10 Å². The summed E-state index contributed by atoms with van der Waals surface area (Å²) in [5.41, 5.74) is 2.24. The van der Waals surface area contributed by atoms with Crippen molar-refractivity contribution in [1.82, 2.24) is 15.1 Å². The molecule has 0 saturated heterocycles. The minimum atomic E-state index is -0.283. The van der Waals surface area contributed by atoms with E-state index >= 15 is 0 Å². The van der Waals surface area contributed by atoms with Gasteiger partial charge >= 0.3 is 0 Å². The molecule has 0 bridgehead atoms. The van der Waals surface area contributed by atoms with E-state index in [4.69, 9.17) is 0 Å². The molecule has 0 aliphatic heterocycles. The summed E-state index contributed by atoms with van der Waals surface area (Å²) in [4.78, 5) is 0. The van der Waals surface area contributed by atoms with Gasteiger partial charge in [0.15, 0.2) is 0 Å². The summed E-state index contributed by atoms with van der Waals surface area (Å²) in [7, 11) is 0. The van der Waals surface area contributed by atoms with Crippen LogP contribution in [0.15, 0.2) is 42.7 Å². The molecule has 2 atom stereocenters. The van der Waals surface area contributed by atoms with Crippen molar-refractivity contribution in [2.75, 3.05) is 6.54 Å². The van der Waals surface area contributed by atoms with Crippen LogP contribution in [0.4, 0.5) is 0 Å². The highest BCUT2D eigenvalue weighted by atomic mass is 16.3. The summed E-state index contributed by atoms with van der Waals surface area (Å²) in [5.74, 6) is 0.331. The zero-order valence-corrected chi connectivity index (χ0v) is 12.2. The number of benzene rings is 1. The molecule has 108 valence electrons. The van der Waals surface area contributed by atoms with Crippen molar-refractivity contribution < 1.29 is 5.11 Å². The van der Waals surface area contributed by atoms with Crippen LogP contribution in [0.25, 0.3) is 5.69 Å². The minimum absolute atomic E-state index is 0.283. The van der Waals surface area contributed by atoms with Crippen LogP contribution >= 0.6 is 0 Å². The van der Waals surface area contributed by atoms with E-state index < -0.39 is 0 Å². The first-order valence-corrected chi connectivity index (χ1v) is 7.18. The first-order valence-electron chi connectivity index (χ1n) is 7.18. The Labute approximate surface area is 120 Å². The molecule has 0 aliphatic rings. The van der Waals surface area contributed by atoms with Gasteiger partial charge in [0.05, 0.1) is 11.8 Å². The Balaban J connectivity index is 1.89. The van der Waals surface area contributed by atoms with Crippen molar-refractivity contribution in [3.05, 3.63) is 48.3 Å². The fourth-order valence-corrected chi connectivity index (χ4v) is 2.07. The third-order valence-corrected chi connectivity index (χ3v) is 3.66. The van der Waals surface area contributed by atoms with Crippen LogP contribution in [0.1, 0.15) is 25.8 Å². The zero-order chi connectivity index (χ0) is 14.4. The maximum atomic E-state index is 9.92. The van der Waals surface area contributed by atoms with Crippen molar-refractivity contribution in [3.8, 4) is 5.69 Å². The SMILES string of the molecule is CCC(C)C(O)CNCc1cccc(-n2cccn2)c1. The summed E-state index contributed by atoms with van der Waals surface area (Å²) < 4.78 is 1.84. The van der Waals surface area contributed by atoms with E-state index in [9.17, 15) is 5.11 Å². The second-order valence-electron chi connectivity index (χ2n) is 5.20. The quantitative estimate of drug-likeness (QED) is 0.814. The van der Waals surface area contributed by atoms with E-state index in [1.165, 1.54) is 5.56 Å². The summed E-state index contributed by atoms with van der Waals surface area (Å²) >= 11 is 0. The topological polar surface area (TPSA) is 50.1 Å². The van der Waals surface area contributed by atoms with E-state index in [0.29, 0.717) is 12.5 Å². The molecule has 0 saturated carbocycles. The monoisotopic (exact) mass is 273 g/mol. The summed E-state index contributed by atoms with van der Waals surface area (Å²) in [6.07, 6.45) is 4.42. The average Bonchev–Trinajstić information content (AvgIpc) is 3.01. The highest BCUT2D eigenvalue weighted by Gasteiger charge is 2.11. The first kappa shape index (κ1) is 14.8. The number of aromatic nitrogens is 2. The van der Waals surface area contributed by atoms with Gasteiger partial charge in [0.25, 0.3) is 0 Å². The fraction of sp³-hybridized carbons (Fsp3) is 0.438. The predicted octanol–water partition coefficient (Wildman–Crippen LogP) is 2.37. The molecular formula is C16H23N3O. The first-order chi connectivity index (χ1) is 9.70. The Morgan fingerprint density at radius 2 is 2.20 bits per heavy atom. The molecule has 0 fully saturated rings. The lowest BCUT2D eigenvalue weighted by atomic mass is 10.0.